The molecule has 8 nitrogen and oxygen atoms in total. The van der Waals surface area contributed by atoms with Gasteiger partial charge in [0.15, 0.2) is 5.79 Å². The fraction of sp³-hybridized carbons (Fsp3) is 0.375. The van der Waals surface area contributed by atoms with Crippen molar-refractivity contribution in [3.8, 4) is 11.3 Å². The van der Waals surface area contributed by atoms with Gasteiger partial charge in [0.1, 0.15) is 5.82 Å². The highest BCUT2D eigenvalue weighted by Gasteiger charge is 2.41. The Kier molecular flexibility index (Phi) is 6.05. The number of hydrogen-bond acceptors (Lipinski definition) is 7. The Morgan fingerprint density at radius 3 is 2.73 bits per heavy atom. The van der Waals surface area contributed by atoms with Gasteiger partial charge in [-0.05, 0) is 31.0 Å². The van der Waals surface area contributed by atoms with Gasteiger partial charge in [0.05, 0.1) is 49.5 Å². The highest BCUT2D eigenvalue weighted by Crippen LogP contribution is 2.42. The van der Waals surface area contributed by atoms with Gasteiger partial charge in [-0.1, -0.05) is 23.7 Å². The van der Waals surface area contributed by atoms with Crippen LogP contribution in [-0.2, 0) is 14.2 Å². The molecule has 2 aromatic heterocycles. The van der Waals surface area contributed by atoms with Gasteiger partial charge in [0, 0.05) is 35.7 Å². The van der Waals surface area contributed by atoms with Crippen LogP contribution < -0.4 is 5.32 Å². The van der Waals surface area contributed by atoms with Crippen LogP contribution in [0, 0.1) is 0 Å². The fourth-order valence-corrected chi connectivity index (χ4v) is 4.74. The molecule has 2 aliphatic rings. The first kappa shape index (κ1) is 21.9. The second kappa shape index (κ2) is 9.13. The Balaban J connectivity index is 1.49. The molecule has 1 aliphatic carbocycles. The Morgan fingerprint density at radius 1 is 1.21 bits per heavy atom. The van der Waals surface area contributed by atoms with E-state index in [0.29, 0.717) is 29.5 Å². The summed E-state index contributed by atoms with van der Waals surface area (Å²) in [4.78, 5) is 16.4. The lowest BCUT2D eigenvalue weighted by molar-refractivity contribution is -0.181. The third kappa shape index (κ3) is 4.46. The molecule has 0 bridgehead atoms. The average Bonchev–Trinajstić information content (AvgIpc) is 3.47. The van der Waals surface area contributed by atoms with Crippen molar-refractivity contribution < 1.29 is 19.0 Å². The normalized spacial score (nSPS) is 17.9. The van der Waals surface area contributed by atoms with Crippen LogP contribution in [0.1, 0.15) is 42.1 Å². The lowest BCUT2D eigenvalue weighted by Crippen LogP contribution is -2.36. The zero-order valence-electron chi connectivity index (χ0n) is 18.3. The molecule has 0 atom stereocenters. The van der Waals surface area contributed by atoms with Crippen molar-refractivity contribution in [1.82, 2.24) is 14.8 Å². The lowest BCUT2D eigenvalue weighted by Gasteiger charge is -2.35. The van der Waals surface area contributed by atoms with Gasteiger partial charge in [-0.15, -0.1) is 0 Å². The number of carbonyl (C=O) groups excluding carboxylic acids is 1. The smallest absolute Gasteiger partial charge is 0.340 e. The molecule has 1 spiro atoms. The summed E-state index contributed by atoms with van der Waals surface area (Å²) in [5, 5.41) is 8.93. The summed E-state index contributed by atoms with van der Waals surface area (Å²) in [6, 6.07) is 11.3. The zero-order chi connectivity index (χ0) is 22.8. The average molecular weight is 469 g/mol. The number of hydrogen-bond donors (Lipinski definition) is 1. The Morgan fingerprint density at radius 2 is 2.00 bits per heavy atom. The van der Waals surface area contributed by atoms with Gasteiger partial charge in [-0.25, -0.2) is 9.48 Å². The third-order valence-corrected chi connectivity index (χ3v) is 6.46. The number of benzene rings is 1. The monoisotopic (exact) mass is 468 g/mol. The van der Waals surface area contributed by atoms with Crippen molar-refractivity contribution >= 4 is 29.1 Å². The first-order valence-electron chi connectivity index (χ1n) is 11.0. The molecule has 0 unspecified atom stereocenters. The first-order chi connectivity index (χ1) is 16.1. The molecule has 33 heavy (non-hydrogen) atoms. The molecule has 1 saturated carbocycles. The predicted octanol–water partition coefficient (Wildman–Crippen LogP) is 4.99. The summed E-state index contributed by atoms with van der Waals surface area (Å²) in [6.45, 7) is 1.30. The van der Waals surface area contributed by atoms with E-state index in [-0.39, 0.29) is 6.04 Å². The van der Waals surface area contributed by atoms with Crippen molar-refractivity contribution in [2.45, 2.75) is 37.5 Å². The van der Waals surface area contributed by atoms with Crippen LogP contribution in [0.2, 0.25) is 5.02 Å². The van der Waals surface area contributed by atoms with E-state index in [4.69, 9.17) is 30.9 Å². The molecule has 0 amide bonds. The minimum absolute atomic E-state index is 0.150. The van der Waals surface area contributed by atoms with E-state index < -0.39 is 11.8 Å². The quantitative estimate of drug-likeness (QED) is 0.528. The molecule has 9 heteroatoms. The summed E-state index contributed by atoms with van der Waals surface area (Å²) in [5.74, 6) is -0.123. The van der Waals surface area contributed by atoms with Gasteiger partial charge >= 0.3 is 5.97 Å². The van der Waals surface area contributed by atoms with E-state index in [2.05, 4.69) is 10.3 Å². The van der Waals surface area contributed by atoms with Crippen molar-refractivity contribution in [2.75, 3.05) is 25.6 Å². The van der Waals surface area contributed by atoms with Crippen LogP contribution >= 0.6 is 11.6 Å². The largest absolute Gasteiger partial charge is 0.465 e. The number of aromatic nitrogens is 3. The Bertz CT molecular complexity index is 1150. The van der Waals surface area contributed by atoms with Gasteiger partial charge in [-0.2, -0.15) is 5.10 Å². The third-order valence-electron chi connectivity index (χ3n) is 6.22. The van der Waals surface area contributed by atoms with E-state index in [1.807, 2.05) is 35.0 Å². The lowest BCUT2D eigenvalue weighted by atomic mass is 9.90. The maximum atomic E-state index is 12.3. The van der Waals surface area contributed by atoms with Crippen LogP contribution in [0.15, 0.2) is 48.8 Å². The zero-order valence-corrected chi connectivity index (χ0v) is 19.0. The van der Waals surface area contributed by atoms with Crippen molar-refractivity contribution in [3.63, 3.8) is 0 Å². The molecule has 3 heterocycles. The summed E-state index contributed by atoms with van der Waals surface area (Å²) < 4.78 is 18.7. The number of anilines is 2. The summed E-state index contributed by atoms with van der Waals surface area (Å²) in [5.41, 5.74) is 2.66. The highest BCUT2D eigenvalue weighted by molar-refractivity contribution is 6.30. The van der Waals surface area contributed by atoms with Crippen molar-refractivity contribution in [3.05, 3.63) is 59.4 Å². The molecule has 0 radical (unpaired) electrons. The van der Waals surface area contributed by atoms with E-state index in [0.717, 1.165) is 42.8 Å². The standard InChI is InChI=1S/C24H25ClN4O4/c1-31-23(30)19-7-10-26-15-21(19)27-22-14-20(16-3-2-4-17(25)13-16)28-29(22)18-5-8-24(9-6-18)32-11-12-33-24/h2-4,7,10,13-15,18,27H,5-6,8-9,11-12H2,1H3. The summed E-state index contributed by atoms with van der Waals surface area (Å²) in [7, 11) is 1.36. The number of methoxy groups -OCH3 is 1. The van der Waals surface area contributed by atoms with Crippen LogP contribution in [-0.4, -0.2) is 46.8 Å². The molecule has 1 aliphatic heterocycles. The van der Waals surface area contributed by atoms with Gasteiger partial charge < -0.3 is 19.5 Å². The number of carbonyl (C=O) groups is 1. The second-order valence-corrected chi connectivity index (χ2v) is 8.68. The van der Waals surface area contributed by atoms with Gasteiger partial charge in [0.25, 0.3) is 0 Å². The number of nitrogens with one attached hydrogen (secondary N) is 1. The van der Waals surface area contributed by atoms with E-state index in [1.165, 1.54) is 7.11 Å². The molecular weight excluding hydrogens is 444 g/mol. The topological polar surface area (TPSA) is 87.5 Å². The number of rotatable bonds is 5. The van der Waals surface area contributed by atoms with Crippen LogP contribution in [0.5, 0.6) is 0 Å². The van der Waals surface area contributed by atoms with Crippen LogP contribution in [0.3, 0.4) is 0 Å². The first-order valence-corrected chi connectivity index (χ1v) is 11.4. The predicted molar refractivity (Wildman–Crippen MR) is 124 cm³/mol. The molecule has 3 aromatic rings. The van der Waals surface area contributed by atoms with Crippen molar-refractivity contribution in [2.24, 2.45) is 0 Å². The molecule has 1 aromatic carbocycles. The molecule has 172 valence electrons. The maximum absolute atomic E-state index is 12.3. The van der Waals surface area contributed by atoms with Crippen molar-refractivity contribution in [1.29, 1.82) is 0 Å². The number of nitrogens with zero attached hydrogens (tertiary/aromatic N) is 3. The summed E-state index contributed by atoms with van der Waals surface area (Å²) in [6.07, 6.45) is 6.52. The van der Waals surface area contributed by atoms with Crippen LogP contribution in [0.25, 0.3) is 11.3 Å². The number of halogens is 1. The molecular formula is C24H25ClN4O4. The summed E-state index contributed by atoms with van der Waals surface area (Å²) >= 11 is 6.22. The number of esters is 1. The minimum atomic E-state index is -0.450. The molecule has 1 saturated heterocycles. The van der Waals surface area contributed by atoms with E-state index in [9.17, 15) is 4.79 Å². The Labute approximate surface area is 196 Å². The maximum Gasteiger partial charge on any atom is 0.340 e. The van der Waals surface area contributed by atoms with Gasteiger partial charge in [-0.3, -0.25) is 4.98 Å². The molecule has 5 rings (SSSR count). The Hall–Kier alpha value is -2.94. The van der Waals surface area contributed by atoms with Crippen LogP contribution in [0.4, 0.5) is 11.5 Å². The molecule has 2 fully saturated rings. The second-order valence-electron chi connectivity index (χ2n) is 8.25. The molecule has 1 N–H and O–H groups in total. The fourth-order valence-electron chi connectivity index (χ4n) is 4.55. The SMILES string of the molecule is COC(=O)c1ccncc1Nc1cc(-c2cccc(Cl)c2)nn1C1CCC2(CC1)OCCO2. The minimum Gasteiger partial charge on any atom is -0.465 e. The highest BCUT2D eigenvalue weighted by atomic mass is 35.5. The number of ether oxygens (including phenoxy) is 3. The van der Waals surface area contributed by atoms with Gasteiger partial charge in [0.2, 0.25) is 0 Å². The van der Waals surface area contributed by atoms with E-state index >= 15 is 0 Å². The van der Waals surface area contributed by atoms with E-state index in [1.54, 1.807) is 18.5 Å². The number of pyridine rings is 1.